The fourth-order valence-electron chi connectivity index (χ4n) is 1.76. The number of Topliss-reactive ketones (excluding diaryl/α,β-unsaturated/α-hetero) is 1. The van der Waals surface area contributed by atoms with E-state index in [0.29, 0.717) is 15.5 Å². The summed E-state index contributed by atoms with van der Waals surface area (Å²) in [5.74, 6) is -0.381. The lowest BCUT2D eigenvalue weighted by atomic mass is 10.1. The number of hydrogen-bond donors (Lipinski definition) is 2. The summed E-state index contributed by atoms with van der Waals surface area (Å²) < 4.78 is 40.5. The number of carbonyl (C=O) groups is 1. The average Bonchev–Trinajstić information content (AvgIpc) is 2.71. The van der Waals surface area contributed by atoms with Crippen molar-refractivity contribution in [3.8, 4) is 0 Å². The summed E-state index contributed by atoms with van der Waals surface area (Å²) in [6.07, 6.45) is -4.60. The van der Waals surface area contributed by atoms with Gasteiger partial charge in [0.25, 0.3) is 0 Å². The highest BCUT2D eigenvalue weighted by Crippen LogP contribution is 2.23. The first-order valence-corrected chi connectivity index (χ1v) is 6.65. The molecule has 1 aromatic carbocycles. The number of ketones is 1. The van der Waals surface area contributed by atoms with Crippen LogP contribution >= 0.6 is 15.9 Å². The van der Waals surface area contributed by atoms with Crippen LogP contribution in [0, 0.1) is 0 Å². The Kier molecular flexibility index (Phi) is 4.52. The quantitative estimate of drug-likeness (QED) is 0.631. The van der Waals surface area contributed by atoms with Crippen LogP contribution < -0.4 is 5.69 Å². The molecule has 0 fully saturated rings. The number of hydrogen-bond acceptors (Lipinski definition) is 3. The largest absolute Gasteiger partial charge is 0.411 e. The predicted octanol–water partition coefficient (Wildman–Crippen LogP) is 2.77. The van der Waals surface area contributed by atoms with Gasteiger partial charge in [-0.3, -0.25) is 4.79 Å². The topological polar surface area (TPSA) is 75.0 Å². The second kappa shape index (κ2) is 6.02. The number of alkyl halides is 3. The predicted molar refractivity (Wildman–Crippen MR) is 72.4 cm³/mol. The Morgan fingerprint density at radius 3 is 2.48 bits per heavy atom. The maximum atomic E-state index is 11.9. The summed E-state index contributed by atoms with van der Waals surface area (Å²) in [6, 6.07) is 3.01. The summed E-state index contributed by atoms with van der Waals surface area (Å²) in [6.45, 7) is -1.71. The first kappa shape index (κ1) is 15.8. The van der Waals surface area contributed by atoms with Crippen LogP contribution in [0.3, 0.4) is 0 Å². The molecule has 9 heteroatoms. The lowest BCUT2D eigenvalue weighted by Crippen LogP contribution is -2.18. The molecule has 0 aliphatic heterocycles. The number of carbonyl (C=O) groups excluding carboxylic acids is 1. The summed E-state index contributed by atoms with van der Waals surface area (Å²) in [5, 5.41) is 0. The van der Waals surface area contributed by atoms with Gasteiger partial charge in [0.05, 0.1) is 17.6 Å². The van der Waals surface area contributed by atoms with Crippen LogP contribution in [0.25, 0.3) is 11.0 Å². The van der Waals surface area contributed by atoms with Gasteiger partial charge in [0.1, 0.15) is 6.61 Å². The van der Waals surface area contributed by atoms with Crippen molar-refractivity contribution in [1.29, 1.82) is 0 Å². The zero-order valence-electron chi connectivity index (χ0n) is 10.5. The van der Waals surface area contributed by atoms with E-state index < -0.39 is 18.5 Å². The van der Waals surface area contributed by atoms with Crippen molar-refractivity contribution in [2.24, 2.45) is 0 Å². The number of benzene rings is 1. The molecule has 21 heavy (non-hydrogen) atoms. The molecular weight excluding hydrogens is 357 g/mol. The minimum absolute atomic E-state index is 0.186. The molecule has 1 heterocycles. The third-order valence-corrected chi connectivity index (χ3v) is 3.30. The van der Waals surface area contributed by atoms with Crippen molar-refractivity contribution >= 4 is 32.7 Å². The second-order valence-corrected chi connectivity index (χ2v) is 5.15. The Morgan fingerprint density at radius 1 is 1.24 bits per heavy atom. The van der Waals surface area contributed by atoms with Crippen molar-refractivity contribution in [3.63, 3.8) is 0 Å². The highest BCUT2D eigenvalue weighted by atomic mass is 79.9. The van der Waals surface area contributed by atoms with E-state index in [9.17, 15) is 22.8 Å². The van der Waals surface area contributed by atoms with Gasteiger partial charge in [0.15, 0.2) is 5.78 Å². The van der Waals surface area contributed by atoms with E-state index in [0.717, 1.165) is 0 Å². The van der Waals surface area contributed by atoms with Gasteiger partial charge in [-0.05, 0) is 28.1 Å². The molecule has 0 radical (unpaired) electrons. The summed E-state index contributed by atoms with van der Waals surface area (Å²) in [5.41, 5.74) is 0.836. The van der Waals surface area contributed by atoms with Gasteiger partial charge in [-0.25, -0.2) is 4.79 Å². The van der Waals surface area contributed by atoms with Gasteiger partial charge in [0.2, 0.25) is 0 Å². The molecule has 1 aromatic heterocycles. The molecule has 0 amide bonds. The molecule has 5 nitrogen and oxygen atoms in total. The van der Waals surface area contributed by atoms with Crippen LogP contribution in [-0.4, -0.2) is 35.1 Å². The van der Waals surface area contributed by atoms with Gasteiger partial charge < -0.3 is 14.7 Å². The first-order chi connectivity index (χ1) is 9.76. The summed E-state index contributed by atoms with van der Waals surface area (Å²) in [7, 11) is 0. The van der Waals surface area contributed by atoms with E-state index in [1.54, 1.807) is 6.07 Å². The molecule has 0 aliphatic carbocycles. The molecule has 0 saturated carbocycles. The Bertz CT molecular complexity index is 721. The maximum absolute atomic E-state index is 11.9. The molecule has 0 atom stereocenters. The third-order valence-electron chi connectivity index (χ3n) is 2.64. The van der Waals surface area contributed by atoms with Crippen molar-refractivity contribution in [1.82, 2.24) is 9.97 Å². The molecular formula is C12H10BrF3N2O3. The molecule has 0 unspecified atom stereocenters. The molecule has 0 bridgehead atoms. The van der Waals surface area contributed by atoms with E-state index in [1.807, 2.05) is 0 Å². The molecule has 2 aromatic rings. The number of halogens is 4. The van der Waals surface area contributed by atoms with Crippen LogP contribution in [0.5, 0.6) is 0 Å². The molecule has 2 N–H and O–H groups in total. The van der Waals surface area contributed by atoms with Crippen LogP contribution in [0.4, 0.5) is 13.2 Å². The van der Waals surface area contributed by atoms with Gasteiger partial charge in [-0.2, -0.15) is 13.2 Å². The Labute approximate surface area is 124 Å². The first-order valence-electron chi connectivity index (χ1n) is 5.85. The smallest absolute Gasteiger partial charge is 0.372 e. The van der Waals surface area contributed by atoms with Crippen LogP contribution in [-0.2, 0) is 4.74 Å². The Hall–Kier alpha value is -1.61. The molecule has 0 spiro atoms. The third kappa shape index (κ3) is 4.18. The number of H-pyrrole nitrogens is 2. The Balaban J connectivity index is 2.05. The van der Waals surface area contributed by atoms with Gasteiger partial charge in [-0.1, -0.05) is 0 Å². The normalized spacial score (nSPS) is 12.0. The number of aromatic nitrogens is 2. The van der Waals surface area contributed by atoms with E-state index in [1.165, 1.54) is 6.07 Å². The van der Waals surface area contributed by atoms with Gasteiger partial charge >= 0.3 is 11.9 Å². The standard InChI is InChI=1S/C12H10BrF3N2O3/c13-7-4-9-8(17-11(20)18-9)3-6(7)10(19)1-2-21-5-12(14,15)16/h3-4H,1-2,5H2,(H2,17,18,20). The van der Waals surface area contributed by atoms with E-state index in [2.05, 4.69) is 30.6 Å². The lowest BCUT2D eigenvalue weighted by molar-refractivity contribution is -0.173. The summed E-state index contributed by atoms with van der Waals surface area (Å²) in [4.78, 5) is 28.1. The lowest BCUT2D eigenvalue weighted by Gasteiger charge is -2.08. The van der Waals surface area contributed by atoms with Crippen molar-refractivity contribution in [2.75, 3.05) is 13.2 Å². The SMILES string of the molecule is O=C(CCOCC(F)(F)F)c1cc2[nH]c(=O)[nH]c2cc1Br. The van der Waals surface area contributed by atoms with Crippen molar-refractivity contribution < 1.29 is 22.7 Å². The number of fused-ring (bicyclic) bond motifs is 1. The molecule has 114 valence electrons. The minimum Gasteiger partial charge on any atom is -0.372 e. The van der Waals surface area contributed by atoms with Crippen LogP contribution in [0.15, 0.2) is 21.4 Å². The maximum Gasteiger partial charge on any atom is 0.411 e. The highest BCUT2D eigenvalue weighted by Gasteiger charge is 2.27. The number of aromatic amines is 2. The van der Waals surface area contributed by atoms with Gasteiger partial charge in [0, 0.05) is 16.5 Å². The number of ether oxygens (including phenoxy) is 1. The summed E-state index contributed by atoms with van der Waals surface area (Å²) >= 11 is 3.19. The zero-order chi connectivity index (χ0) is 15.6. The van der Waals surface area contributed by atoms with Crippen LogP contribution in [0.1, 0.15) is 16.8 Å². The van der Waals surface area contributed by atoms with Crippen molar-refractivity contribution in [2.45, 2.75) is 12.6 Å². The molecule has 0 aliphatic rings. The molecule has 0 saturated heterocycles. The van der Waals surface area contributed by atoms with E-state index >= 15 is 0 Å². The van der Waals surface area contributed by atoms with E-state index in [4.69, 9.17) is 0 Å². The van der Waals surface area contributed by atoms with Crippen molar-refractivity contribution in [3.05, 3.63) is 32.7 Å². The molecule has 2 rings (SSSR count). The minimum atomic E-state index is -4.41. The number of nitrogens with one attached hydrogen (secondary N) is 2. The number of rotatable bonds is 5. The Morgan fingerprint density at radius 2 is 1.86 bits per heavy atom. The second-order valence-electron chi connectivity index (χ2n) is 4.30. The van der Waals surface area contributed by atoms with E-state index in [-0.39, 0.29) is 24.4 Å². The number of imidazole rings is 1. The fourth-order valence-corrected chi connectivity index (χ4v) is 2.32. The highest BCUT2D eigenvalue weighted by molar-refractivity contribution is 9.10. The average molecular weight is 367 g/mol. The monoisotopic (exact) mass is 366 g/mol. The zero-order valence-corrected chi connectivity index (χ0v) is 12.1. The van der Waals surface area contributed by atoms with Crippen LogP contribution in [0.2, 0.25) is 0 Å². The van der Waals surface area contributed by atoms with Gasteiger partial charge in [-0.15, -0.1) is 0 Å². The fraction of sp³-hybridized carbons (Fsp3) is 0.333.